The largest absolute Gasteiger partial charge is 0.438 e. The van der Waals surface area contributed by atoms with Gasteiger partial charge in [0.2, 0.25) is 5.88 Å². The first-order chi connectivity index (χ1) is 14.4. The second-order valence-electron chi connectivity index (χ2n) is 6.34. The van der Waals surface area contributed by atoms with Gasteiger partial charge in [-0.05, 0) is 54.6 Å². The molecule has 0 saturated carbocycles. The molecular weight excluding hydrogens is 429 g/mol. The van der Waals surface area contributed by atoms with Crippen molar-refractivity contribution >= 4 is 38.2 Å². The summed E-state index contributed by atoms with van der Waals surface area (Å²) in [4.78, 5) is 7.93. The minimum absolute atomic E-state index is 0.344. The Bertz CT molecular complexity index is 1330. The van der Waals surface area contributed by atoms with Gasteiger partial charge in [0.15, 0.2) is 0 Å². The normalized spacial score (nSPS) is 11.4. The Kier molecular flexibility index (Phi) is 5.27. The van der Waals surface area contributed by atoms with Crippen LogP contribution in [0.4, 0.5) is 10.1 Å². The van der Waals surface area contributed by atoms with Crippen molar-refractivity contribution in [2.24, 2.45) is 0 Å². The number of benzene rings is 3. The molecule has 0 N–H and O–H groups in total. The zero-order valence-electron chi connectivity index (χ0n) is 15.7. The molecule has 1 heterocycles. The molecule has 0 fully saturated rings. The van der Waals surface area contributed by atoms with E-state index in [0.29, 0.717) is 33.2 Å². The minimum atomic E-state index is -4.04. The quantitative estimate of drug-likeness (QED) is 0.432. The van der Waals surface area contributed by atoms with Gasteiger partial charge in [0.05, 0.1) is 16.6 Å². The highest BCUT2D eigenvalue weighted by atomic mass is 35.5. The molecule has 9 heteroatoms. The van der Waals surface area contributed by atoms with Crippen LogP contribution in [0.2, 0.25) is 5.02 Å². The van der Waals surface area contributed by atoms with Crippen LogP contribution in [-0.2, 0) is 10.0 Å². The predicted molar refractivity (Wildman–Crippen MR) is 113 cm³/mol. The van der Waals surface area contributed by atoms with Gasteiger partial charge in [-0.1, -0.05) is 23.7 Å². The zero-order valence-corrected chi connectivity index (χ0v) is 17.2. The predicted octanol–water partition coefficient (Wildman–Crippen LogP) is 5.04. The molecule has 0 radical (unpaired) electrons. The van der Waals surface area contributed by atoms with E-state index in [-0.39, 0.29) is 4.90 Å². The molecule has 0 amide bonds. The van der Waals surface area contributed by atoms with Gasteiger partial charge in [-0.25, -0.2) is 22.8 Å². The van der Waals surface area contributed by atoms with E-state index in [9.17, 15) is 12.8 Å². The van der Waals surface area contributed by atoms with Gasteiger partial charge in [-0.2, -0.15) is 0 Å². The van der Waals surface area contributed by atoms with Crippen molar-refractivity contribution in [3.8, 4) is 11.6 Å². The number of hydrogen-bond donors (Lipinski definition) is 0. The molecule has 1 aromatic heterocycles. The fourth-order valence-electron chi connectivity index (χ4n) is 2.86. The molecule has 152 valence electrons. The summed E-state index contributed by atoms with van der Waals surface area (Å²) in [5.74, 6) is -0.0119. The molecule has 0 aliphatic heterocycles. The number of nitrogens with zero attached hydrogens (tertiary/aromatic N) is 3. The summed E-state index contributed by atoms with van der Waals surface area (Å²) < 4.78 is 46.3. The van der Waals surface area contributed by atoms with E-state index in [0.717, 1.165) is 10.4 Å². The van der Waals surface area contributed by atoms with E-state index in [1.54, 1.807) is 42.5 Å². The Hall–Kier alpha value is -3.23. The Morgan fingerprint density at radius 2 is 1.73 bits per heavy atom. The third-order valence-electron chi connectivity index (χ3n) is 4.45. The summed E-state index contributed by atoms with van der Waals surface area (Å²) in [6.45, 7) is 0. The molecule has 0 unspecified atom stereocenters. The molecule has 0 atom stereocenters. The second-order valence-corrected chi connectivity index (χ2v) is 8.71. The van der Waals surface area contributed by atoms with Crippen molar-refractivity contribution in [3.63, 3.8) is 0 Å². The standard InChI is InChI=1S/C21H15ClFN3O3S/c1-26(30(27,28)20-5-3-2-4-18(20)23)15-7-9-16(10-8-15)29-21-17-11-6-14(22)12-19(17)24-13-25-21/h2-13H,1H3. The van der Waals surface area contributed by atoms with Crippen molar-refractivity contribution in [2.45, 2.75) is 4.90 Å². The molecular formula is C21H15ClFN3O3S. The highest BCUT2D eigenvalue weighted by Crippen LogP contribution is 2.30. The van der Waals surface area contributed by atoms with Crippen LogP contribution < -0.4 is 9.04 Å². The van der Waals surface area contributed by atoms with E-state index in [4.69, 9.17) is 16.3 Å². The van der Waals surface area contributed by atoms with Crippen molar-refractivity contribution in [1.29, 1.82) is 0 Å². The van der Waals surface area contributed by atoms with Gasteiger partial charge in [-0.3, -0.25) is 4.31 Å². The maximum atomic E-state index is 14.0. The Morgan fingerprint density at radius 1 is 1.00 bits per heavy atom. The Balaban J connectivity index is 1.60. The van der Waals surface area contributed by atoms with Crippen LogP contribution in [0.5, 0.6) is 11.6 Å². The molecule has 0 aliphatic carbocycles. The van der Waals surface area contributed by atoms with E-state index in [1.807, 2.05) is 0 Å². The lowest BCUT2D eigenvalue weighted by molar-refractivity contribution is 0.468. The zero-order chi connectivity index (χ0) is 21.3. The highest BCUT2D eigenvalue weighted by molar-refractivity contribution is 7.92. The smallest absolute Gasteiger partial charge is 0.266 e. The topological polar surface area (TPSA) is 72.4 Å². The lowest BCUT2D eigenvalue weighted by atomic mass is 10.2. The van der Waals surface area contributed by atoms with Crippen molar-refractivity contribution in [1.82, 2.24) is 9.97 Å². The molecule has 4 rings (SSSR count). The van der Waals surface area contributed by atoms with Crippen LogP contribution in [0.3, 0.4) is 0 Å². The summed E-state index contributed by atoms with van der Waals surface area (Å²) in [6, 6.07) is 16.8. The van der Waals surface area contributed by atoms with E-state index < -0.39 is 15.8 Å². The fourth-order valence-corrected chi connectivity index (χ4v) is 4.29. The number of anilines is 1. The number of aromatic nitrogens is 2. The minimum Gasteiger partial charge on any atom is -0.438 e. The second kappa shape index (κ2) is 7.89. The van der Waals surface area contributed by atoms with Crippen LogP contribution in [0.15, 0.2) is 78.0 Å². The van der Waals surface area contributed by atoms with Gasteiger partial charge in [-0.15, -0.1) is 0 Å². The molecule has 0 saturated heterocycles. The van der Waals surface area contributed by atoms with Gasteiger partial charge in [0.1, 0.15) is 22.8 Å². The van der Waals surface area contributed by atoms with Crippen molar-refractivity contribution in [2.75, 3.05) is 11.4 Å². The number of rotatable bonds is 5. The van der Waals surface area contributed by atoms with Crippen LogP contribution in [0.25, 0.3) is 10.9 Å². The number of fused-ring (bicyclic) bond motifs is 1. The lowest BCUT2D eigenvalue weighted by Gasteiger charge is -2.20. The van der Waals surface area contributed by atoms with Gasteiger partial charge in [0.25, 0.3) is 10.0 Å². The van der Waals surface area contributed by atoms with E-state index in [2.05, 4.69) is 9.97 Å². The first kappa shape index (κ1) is 20.1. The summed E-state index contributed by atoms with van der Waals surface area (Å²) in [5.41, 5.74) is 0.991. The fraction of sp³-hybridized carbons (Fsp3) is 0.0476. The number of ether oxygens (including phenoxy) is 1. The van der Waals surface area contributed by atoms with Crippen LogP contribution in [-0.4, -0.2) is 25.4 Å². The van der Waals surface area contributed by atoms with Crippen molar-refractivity contribution in [3.05, 3.63) is 83.9 Å². The highest BCUT2D eigenvalue weighted by Gasteiger charge is 2.24. The average Bonchev–Trinajstić information content (AvgIpc) is 2.74. The van der Waals surface area contributed by atoms with Gasteiger partial charge >= 0.3 is 0 Å². The number of sulfonamides is 1. The number of halogens is 2. The van der Waals surface area contributed by atoms with E-state index >= 15 is 0 Å². The average molecular weight is 444 g/mol. The maximum absolute atomic E-state index is 14.0. The van der Waals surface area contributed by atoms with Crippen LogP contribution in [0.1, 0.15) is 0 Å². The summed E-state index contributed by atoms with van der Waals surface area (Å²) >= 11 is 5.99. The third kappa shape index (κ3) is 3.79. The number of hydrogen-bond acceptors (Lipinski definition) is 5. The third-order valence-corrected chi connectivity index (χ3v) is 6.51. The first-order valence-corrected chi connectivity index (χ1v) is 10.6. The van der Waals surface area contributed by atoms with Gasteiger partial charge in [0, 0.05) is 12.1 Å². The van der Waals surface area contributed by atoms with Crippen LogP contribution in [0, 0.1) is 5.82 Å². The summed E-state index contributed by atoms with van der Waals surface area (Å²) in [5, 5.41) is 1.24. The molecule has 0 bridgehead atoms. The Morgan fingerprint density at radius 3 is 2.47 bits per heavy atom. The van der Waals surface area contributed by atoms with Crippen LogP contribution >= 0.6 is 11.6 Å². The molecule has 4 aromatic rings. The SMILES string of the molecule is CN(c1ccc(Oc2ncnc3cc(Cl)ccc23)cc1)S(=O)(=O)c1ccccc1F. The van der Waals surface area contributed by atoms with E-state index in [1.165, 1.54) is 31.6 Å². The summed E-state index contributed by atoms with van der Waals surface area (Å²) in [7, 11) is -2.68. The maximum Gasteiger partial charge on any atom is 0.266 e. The molecule has 6 nitrogen and oxygen atoms in total. The lowest BCUT2D eigenvalue weighted by Crippen LogP contribution is -2.27. The Labute approximate surface area is 177 Å². The molecule has 30 heavy (non-hydrogen) atoms. The van der Waals surface area contributed by atoms with Crippen molar-refractivity contribution < 1.29 is 17.5 Å². The summed E-state index contributed by atoms with van der Waals surface area (Å²) in [6.07, 6.45) is 1.37. The monoisotopic (exact) mass is 443 g/mol. The molecule has 0 spiro atoms. The molecule has 3 aromatic carbocycles. The first-order valence-electron chi connectivity index (χ1n) is 8.78. The molecule has 0 aliphatic rings. The van der Waals surface area contributed by atoms with Gasteiger partial charge < -0.3 is 4.74 Å².